The van der Waals surface area contributed by atoms with Crippen molar-refractivity contribution in [2.75, 3.05) is 14.7 Å². The van der Waals surface area contributed by atoms with Gasteiger partial charge in [0.1, 0.15) is 0 Å². The first-order valence-corrected chi connectivity index (χ1v) is 29.0. The highest BCUT2D eigenvalue weighted by Crippen LogP contribution is 2.66. The molecule has 12 rings (SSSR count). The van der Waals surface area contributed by atoms with E-state index in [9.17, 15) is 0 Å². The van der Waals surface area contributed by atoms with Gasteiger partial charge < -0.3 is 14.7 Å². The second-order valence-corrected chi connectivity index (χ2v) is 29.2. The quantitative estimate of drug-likeness (QED) is 0.159. The lowest BCUT2D eigenvalue weighted by molar-refractivity contribution is 0.133. The molecule has 1 aliphatic carbocycles. The van der Waals surface area contributed by atoms with Crippen LogP contribution in [0, 0.1) is 0 Å². The van der Waals surface area contributed by atoms with Crippen LogP contribution >= 0.6 is 0 Å². The van der Waals surface area contributed by atoms with Gasteiger partial charge in [0.05, 0.1) is 16.9 Å². The summed E-state index contributed by atoms with van der Waals surface area (Å²) in [7, 11) is 0. The van der Waals surface area contributed by atoms with Crippen LogP contribution < -0.4 is 31.1 Å². The molecule has 3 heterocycles. The van der Waals surface area contributed by atoms with E-state index in [4.69, 9.17) is 0 Å². The van der Waals surface area contributed by atoms with E-state index >= 15 is 0 Å². The van der Waals surface area contributed by atoms with Gasteiger partial charge >= 0.3 is 0 Å². The monoisotopic (exact) mass is 1020 g/mol. The van der Waals surface area contributed by atoms with Crippen molar-refractivity contribution in [1.82, 2.24) is 0 Å². The van der Waals surface area contributed by atoms with Gasteiger partial charge in [-0.15, -0.1) is 0 Å². The van der Waals surface area contributed by atoms with E-state index in [1.54, 1.807) is 0 Å². The Balaban J connectivity index is 1.26. The van der Waals surface area contributed by atoms with E-state index in [0.717, 1.165) is 12.8 Å². The lowest BCUT2D eigenvalue weighted by atomic mass is 9.33. The molecule has 2 unspecified atom stereocenters. The standard InChI is InChI=1S/C74H82BN3/c1-68(2,3)49-28-33-60(55(40-49)47-24-20-18-21-25-47)76-63-36-31-52(71(10,11)12)43-58(63)75-59-44-53(72(13,14)15)32-37-64(59)77(61-34-29-50(69(4,5)6)41-56(61)48-26-22-19-23-27-48)66-46-54(45-65(76)67(66)75)78-62-35-30-51(70(7,8)9)42-57(62)73(16)38-39-74(73,78)17/h18-37,40-46H,38-39H2,1-17H3. The Hall–Kier alpha value is -6.78. The fourth-order valence-electron chi connectivity index (χ4n) is 13.6. The smallest absolute Gasteiger partial charge is 0.252 e. The van der Waals surface area contributed by atoms with Crippen LogP contribution in [0.3, 0.4) is 0 Å². The molecule has 0 spiro atoms. The maximum atomic E-state index is 2.79. The van der Waals surface area contributed by atoms with Crippen molar-refractivity contribution < 1.29 is 0 Å². The van der Waals surface area contributed by atoms with E-state index in [0.29, 0.717) is 0 Å². The minimum absolute atomic E-state index is 0.0168. The van der Waals surface area contributed by atoms with Crippen molar-refractivity contribution in [2.45, 2.75) is 169 Å². The van der Waals surface area contributed by atoms with Gasteiger partial charge in [-0.2, -0.15) is 0 Å². The summed E-state index contributed by atoms with van der Waals surface area (Å²) in [6, 6.07) is 64.6. The summed E-state index contributed by atoms with van der Waals surface area (Å²) in [6.07, 6.45) is 2.27. The van der Waals surface area contributed by atoms with Gasteiger partial charge in [-0.25, -0.2) is 0 Å². The molecule has 1 fully saturated rings. The van der Waals surface area contributed by atoms with E-state index in [1.807, 2.05) is 0 Å². The van der Waals surface area contributed by atoms with Crippen molar-refractivity contribution in [3.8, 4) is 22.3 Å². The predicted molar refractivity (Wildman–Crippen MR) is 338 cm³/mol. The number of hydrogen-bond donors (Lipinski definition) is 0. The molecular formula is C74H82BN3. The van der Waals surface area contributed by atoms with Crippen LogP contribution in [-0.2, 0) is 32.5 Å². The highest BCUT2D eigenvalue weighted by atomic mass is 15.3. The second-order valence-electron chi connectivity index (χ2n) is 29.2. The predicted octanol–water partition coefficient (Wildman–Crippen LogP) is 18.6. The molecule has 8 aromatic carbocycles. The maximum absolute atomic E-state index is 2.79. The molecule has 0 bridgehead atoms. The summed E-state index contributed by atoms with van der Waals surface area (Å²) >= 11 is 0. The summed E-state index contributed by atoms with van der Waals surface area (Å²) in [6.45, 7) is 40.4. The van der Waals surface area contributed by atoms with Crippen molar-refractivity contribution >= 4 is 68.6 Å². The number of fused-ring (bicyclic) bond motifs is 7. The largest absolute Gasteiger partial charge is 0.334 e. The molecule has 1 saturated carbocycles. The lowest BCUT2D eigenvalue weighted by Crippen LogP contribution is -2.62. The van der Waals surface area contributed by atoms with Gasteiger partial charge in [0.15, 0.2) is 0 Å². The first kappa shape index (κ1) is 52.0. The molecule has 396 valence electrons. The Morgan fingerprint density at radius 2 is 0.718 bits per heavy atom. The minimum Gasteiger partial charge on any atom is -0.334 e. The number of benzene rings is 8. The average Bonchev–Trinajstić information content (AvgIpc) is 2.30. The minimum atomic E-state index is -0.142. The SMILES string of the molecule is CC(C)(C)c1ccc2c(c1)B1c3cc(C(C)(C)C)ccc3N(c3ccc(C(C)(C)C)cc3-c3ccccc3)c3cc(N4c5ccc(C(C)(C)C)cc5C5(C)CCC45C)cc(c31)N2c1ccc(C(C)(C)C)cc1-c1ccccc1. The Bertz CT molecular complexity index is 3510. The van der Waals surface area contributed by atoms with Crippen molar-refractivity contribution in [1.29, 1.82) is 0 Å². The summed E-state index contributed by atoms with van der Waals surface area (Å²) in [5.74, 6) is 0. The van der Waals surface area contributed by atoms with E-state index < -0.39 is 0 Å². The Kier molecular flexibility index (Phi) is 11.6. The molecule has 4 heteroatoms. The van der Waals surface area contributed by atoms with Crippen LogP contribution in [0.15, 0.2) is 164 Å². The molecule has 3 aliphatic heterocycles. The van der Waals surface area contributed by atoms with Crippen molar-refractivity contribution in [3.63, 3.8) is 0 Å². The van der Waals surface area contributed by atoms with Crippen LogP contribution in [0.4, 0.5) is 45.5 Å². The molecule has 3 nitrogen and oxygen atoms in total. The summed E-state index contributed by atoms with van der Waals surface area (Å²) in [5, 5.41) is 0. The van der Waals surface area contributed by atoms with Crippen LogP contribution in [-0.4, -0.2) is 12.3 Å². The van der Waals surface area contributed by atoms with Gasteiger partial charge in [0.25, 0.3) is 6.71 Å². The molecular weight excluding hydrogens is 942 g/mol. The van der Waals surface area contributed by atoms with Crippen LogP contribution in [0.5, 0.6) is 0 Å². The molecule has 0 radical (unpaired) electrons. The highest BCUT2D eigenvalue weighted by Gasteiger charge is 2.63. The van der Waals surface area contributed by atoms with Gasteiger partial charge in [0, 0.05) is 50.7 Å². The normalized spacial score (nSPS) is 18.7. The summed E-state index contributed by atoms with van der Waals surface area (Å²) < 4.78 is 0. The zero-order chi connectivity index (χ0) is 55.4. The van der Waals surface area contributed by atoms with Crippen LogP contribution in [0.25, 0.3) is 22.3 Å². The molecule has 0 saturated heterocycles. The van der Waals surface area contributed by atoms with Crippen molar-refractivity contribution in [2.24, 2.45) is 0 Å². The zero-order valence-corrected chi connectivity index (χ0v) is 49.9. The molecule has 2 atom stereocenters. The second kappa shape index (κ2) is 17.4. The third-order valence-electron chi connectivity index (χ3n) is 18.9. The van der Waals surface area contributed by atoms with E-state index in [2.05, 4.69) is 296 Å². The van der Waals surface area contributed by atoms with E-state index in [1.165, 1.54) is 118 Å². The first-order chi connectivity index (χ1) is 36.6. The fraction of sp³-hybridized carbons (Fsp3) is 0.351. The van der Waals surface area contributed by atoms with Gasteiger partial charge in [-0.1, -0.05) is 220 Å². The van der Waals surface area contributed by atoms with Gasteiger partial charge in [0.2, 0.25) is 0 Å². The molecule has 4 aliphatic rings. The van der Waals surface area contributed by atoms with Gasteiger partial charge in [-0.05, 0) is 162 Å². The molecule has 0 amide bonds. The first-order valence-electron chi connectivity index (χ1n) is 29.0. The topological polar surface area (TPSA) is 9.72 Å². The molecule has 8 aromatic rings. The molecule has 78 heavy (non-hydrogen) atoms. The molecule has 0 N–H and O–H groups in total. The Morgan fingerprint density at radius 3 is 1.09 bits per heavy atom. The average molecular weight is 1020 g/mol. The number of hydrogen-bond acceptors (Lipinski definition) is 3. The summed E-state index contributed by atoms with van der Waals surface area (Å²) in [5.41, 5.74) is 26.7. The third kappa shape index (κ3) is 8.04. The van der Waals surface area contributed by atoms with Crippen LogP contribution in [0.2, 0.25) is 0 Å². The molecule has 0 aromatic heterocycles. The number of rotatable bonds is 5. The van der Waals surface area contributed by atoms with Crippen molar-refractivity contribution in [3.05, 3.63) is 197 Å². The van der Waals surface area contributed by atoms with Crippen LogP contribution in [0.1, 0.15) is 164 Å². The third-order valence-corrected chi connectivity index (χ3v) is 18.9. The lowest BCUT2D eigenvalue weighted by Gasteiger charge is -2.56. The summed E-state index contributed by atoms with van der Waals surface area (Å²) in [4.78, 5) is 8.17. The fourth-order valence-corrected chi connectivity index (χ4v) is 13.6. The number of anilines is 8. The Morgan fingerprint density at radius 1 is 0.359 bits per heavy atom. The van der Waals surface area contributed by atoms with Gasteiger partial charge in [-0.3, -0.25) is 0 Å². The highest BCUT2D eigenvalue weighted by molar-refractivity contribution is 7.00. The maximum Gasteiger partial charge on any atom is 0.252 e. The number of nitrogens with zero attached hydrogens (tertiary/aromatic N) is 3. The van der Waals surface area contributed by atoms with E-state index in [-0.39, 0.29) is 44.7 Å². The Labute approximate surface area is 468 Å². The zero-order valence-electron chi connectivity index (χ0n) is 49.9.